The van der Waals surface area contributed by atoms with E-state index in [1.807, 2.05) is 0 Å². The quantitative estimate of drug-likeness (QED) is 0.141. The maximum absolute atomic E-state index is 7.27. The van der Waals surface area contributed by atoms with Crippen LogP contribution in [0.3, 0.4) is 0 Å². The first-order chi connectivity index (χ1) is 37.9. The van der Waals surface area contributed by atoms with Gasteiger partial charge in [-0.2, -0.15) is 0 Å². The topological polar surface area (TPSA) is 19.6 Å². The highest BCUT2D eigenvalue weighted by Gasteiger charge is 2.64. The van der Waals surface area contributed by atoms with Crippen molar-refractivity contribution in [3.63, 3.8) is 0 Å². The van der Waals surface area contributed by atoms with Gasteiger partial charge >= 0.3 is 0 Å². The van der Waals surface area contributed by atoms with Gasteiger partial charge in [-0.1, -0.05) is 178 Å². The molecule has 15 rings (SSSR count). The van der Waals surface area contributed by atoms with Crippen molar-refractivity contribution in [2.24, 2.45) is 23.7 Å². The largest absolute Gasteiger partial charge is 0.456 e. The SMILES string of the molecule is CC(C)(C)c1ccc(N(c2ccc([Si](C)(C)C)cc2)c2ccc3c(c2)C(C)(C)c2c-3ccc3c2C2(c4c-3ccc3oc5cc(N(c6ccc(C(C)(C)C)cc6)c6ccc([Si](C)(C)C)cc6)ccc5c43)C3CC4CC(C3)CC2C4)cc1. The van der Waals surface area contributed by atoms with E-state index in [9.17, 15) is 0 Å². The molecule has 3 nitrogen and oxygen atoms in total. The molecule has 0 unspecified atom stereocenters. The van der Waals surface area contributed by atoms with Crippen molar-refractivity contribution in [3.05, 3.63) is 191 Å². The molecule has 0 saturated heterocycles. The zero-order chi connectivity index (χ0) is 55.8. The summed E-state index contributed by atoms with van der Waals surface area (Å²) >= 11 is 0. The maximum atomic E-state index is 7.27. The smallest absolute Gasteiger partial charge is 0.137 e. The Hall–Kier alpha value is -6.41. The van der Waals surface area contributed by atoms with E-state index in [2.05, 4.69) is 262 Å². The van der Waals surface area contributed by atoms with Crippen LogP contribution in [0.15, 0.2) is 162 Å². The summed E-state index contributed by atoms with van der Waals surface area (Å²) in [7, 11) is -3.00. The van der Waals surface area contributed by atoms with E-state index in [4.69, 9.17) is 4.42 Å². The molecule has 9 aromatic rings. The van der Waals surface area contributed by atoms with Crippen LogP contribution < -0.4 is 20.2 Å². The normalized spacial score (nSPS) is 21.5. The van der Waals surface area contributed by atoms with Crippen molar-refractivity contribution >= 4 is 82.6 Å². The van der Waals surface area contributed by atoms with E-state index >= 15 is 0 Å². The van der Waals surface area contributed by atoms with Crippen LogP contribution in [0, 0.1) is 23.7 Å². The molecule has 80 heavy (non-hydrogen) atoms. The van der Waals surface area contributed by atoms with Crippen LogP contribution in [-0.2, 0) is 21.7 Å². The molecule has 6 aliphatic carbocycles. The molecule has 4 fully saturated rings. The van der Waals surface area contributed by atoms with Crippen LogP contribution in [0.1, 0.15) is 121 Å². The monoisotopic (exact) mass is 1080 g/mol. The van der Waals surface area contributed by atoms with E-state index in [0.29, 0.717) is 11.8 Å². The number of anilines is 6. The lowest BCUT2D eigenvalue weighted by molar-refractivity contribution is -0.0398. The maximum Gasteiger partial charge on any atom is 0.137 e. The Balaban J connectivity index is 0.926. The summed E-state index contributed by atoms with van der Waals surface area (Å²) < 4.78 is 7.27. The molecule has 1 heterocycles. The fourth-order valence-electron chi connectivity index (χ4n) is 16.5. The molecule has 5 heteroatoms. The standard InChI is InChI=1S/C75H82N2OSi2/c1-72(2,3)48-15-19-52(20-16-48)76(54-23-29-58(30-24-54)79(9,10)11)56-27-33-60-61-35-36-63-62-37-38-66-68(69(62)75(71(63)70(61)74(7,8)65(60)44-56)50-40-46-39-47(42-50)43-51(75)41-46)64-34-28-57(45-67(64)78-66)77(53-21-17-49(18-22-53)73(4,5)6)55-25-31-59(32-26-55)80(12,13)14/h15-38,44-47,50-51H,39-43H2,1-14H3. The van der Waals surface area contributed by atoms with E-state index in [1.54, 1.807) is 16.7 Å². The van der Waals surface area contributed by atoms with E-state index < -0.39 is 16.1 Å². The number of furan rings is 1. The van der Waals surface area contributed by atoms with E-state index in [-0.39, 0.29) is 21.7 Å². The molecule has 1 spiro atoms. The molecule has 0 N–H and O–H groups in total. The summed E-state index contributed by atoms with van der Waals surface area (Å²) in [5, 5.41) is 5.55. The summed E-state index contributed by atoms with van der Waals surface area (Å²) in [5.41, 5.74) is 23.5. The highest BCUT2D eigenvalue weighted by Crippen LogP contribution is 2.73. The van der Waals surface area contributed by atoms with Gasteiger partial charge in [0, 0.05) is 61.8 Å². The third-order valence-electron chi connectivity index (χ3n) is 20.4. The molecule has 0 aliphatic heterocycles. The second kappa shape index (κ2) is 17.6. The van der Waals surface area contributed by atoms with Crippen molar-refractivity contribution < 1.29 is 4.42 Å². The number of benzene rings is 8. The number of fused-ring (bicyclic) bond motifs is 11. The van der Waals surface area contributed by atoms with Gasteiger partial charge in [-0.15, -0.1) is 0 Å². The molecular formula is C75H82N2OSi2. The lowest BCUT2D eigenvalue weighted by Crippen LogP contribution is -2.56. The second-order valence-corrected chi connectivity index (χ2v) is 40.1. The average molecular weight is 1080 g/mol. The van der Waals surface area contributed by atoms with Gasteiger partial charge in [-0.3, -0.25) is 0 Å². The Bertz CT molecular complexity index is 3800. The van der Waals surface area contributed by atoms with Crippen molar-refractivity contribution in [1.29, 1.82) is 0 Å². The number of nitrogens with zero attached hydrogens (tertiary/aromatic N) is 2. The summed E-state index contributed by atoms with van der Waals surface area (Å²) in [4.78, 5) is 4.95. The molecule has 6 aliphatic rings. The molecule has 4 bridgehead atoms. The lowest BCUT2D eigenvalue weighted by Gasteiger charge is -2.61. The molecule has 0 amide bonds. The third kappa shape index (κ3) is 7.82. The summed E-state index contributed by atoms with van der Waals surface area (Å²) in [6.07, 6.45) is 6.71. The van der Waals surface area contributed by atoms with Gasteiger partial charge in [-0.25, -0.2) is 0 Å². The van der Waals surface area contributed by atoms with Gasteiger partial charge in [0.2, 0.25) is 0 Å². The number of hydrogen-bond donors (Lipinski definition) is 0. The Morgan fingerprint density at radius 1 is 0.412 bits per heavy atom. The van der Waals surface area contributed by atoms with Crippen LogP contribution in [-0.4, -0.2) is 16.1 Å². The molecule has 1 aromatic heterocycles. The third-order valence-corrected chi connectivity index (χ3v) is 24.6. The zero-order valence-electron chi connectivity index (χ0n) is 50.2. The van der Waals surface area contributed by atoms with Crippen molar-refractivity contribution in [1.82, 2.24) is 0 Å². The summed E-state index contributed by atoms with van der Waals surface area (Å²) in [6.45, 7) is 33.6. The van der Waals surface area contributed by atoms with E-state index in [0.717, 1.165) is 40.1 Å². The van der Waals surface area contributed by atoms with Gasteiger partial charge < -0.3 is 14.2 Å². The van der Waals surface area contributed by atoms with Crippen LogP contribution in [0.4, 0.5) is 34.1 Å². The first-order valence-corrected chi connectivity index (χ1v) is 37.2. The minimum atomic E-state index is -1.50. The predicted octanol–water partition coefficient (Wildman–Crippen LogP) is 20.2. The number of rotatable bonds is 8. The first-order valence-electron chi connectivity index (χ1n) is 30.2. The fourth-order valence-corrected chi connectivity index (χ4v) is 18.9. The van der Waals surface area contributed by atoms with Crippen molar-refractivity contribution in [2.45, 2.75) is 148 Å². The van der Waals surface area contributed by atoms with Gasteiger partial charge in [0.25, 0.3) is 0 Å². The second-order valence-electron chi connectivity index (χ2n) is 29.9. The minimum absolute atomic E-state index is 0.0653. The first kappa shape index (κ1) is 51.7. The van der Waals surface area contributed by atoms with Crippen LogP contribution in [0.5, 0.6) is 0 Å². The number of hydrogen-bond acceptors (Lipinski definition) is 3. The Labute approximate surface area is 479 Å². The lowest BCUT2D eigenvalue weighted by atomic mass is 9.42. The molecule has 0 radical (unpaired) electrons. The van der Waals surface area contributed by atoms with Crippen LogP contribution >= 0.6 is 0 Å². The average Bonchev–Trinajstić information content (AvgIpc) is 1.70. The minimum Gasteiger partial charge on any atom is -0.456 e. The summed E-state index contributed by atoms with van der Waals surface area (Å²) in [6, 6.07) is 62.0. The zero-order valence-corrected chi connectivity index (χ0v) is 52.2. The van der Waals surface area contributed by atoms with Crippen LogP contribution in [0.2, 0.25) is 39.3 Å². The van der Waals surface area contributed by atoms with Gasteiger partial charge in [0.1, 0.15) is 11.2 Å². The van der Waals surface area contributed by atoms with Gasteiger partial charge in [0.05, 0.1) is 16.1 Å². The van der Waals surface area contributed by atoms with Crippen molar-refractivity contribution in [3.8, 4) is 22.3 Å². The fraction of sp³-hybridized carbons (Fsp3) is 0.360. The summed E-state index contributed by atoms with van der Waals surface area (Å²) in [5.74, 6) is 2.84. The van der Waals surface area contributed by atoms with E-state index in [1.165, 1.54) is 109 Å². The predicted molar refractivity (Wildman–Crippen MR) is 347 cm³/mol. The van der Waals surface area contributed by atoms with Gasteiger partial charge in [0.15, 0.2) is 0 Å². The van der Waals surface area contributed by atoms with Gasteiger partial charge in [-0.05, 0) is 201 Å². The Morgan fingerprint density at radius 3 is 1.29 bits per heavy atom. The Morgan fingerprint density at radius 2 is 0.812 bits per heavy atom. The molecule has 8 aromatic carbocycles. The molecule has 0 atom stereocenters. The molecule has 4 saturated carbocycles. The highest BCUT2D eigenvalue weighted by atomic mass is 28.3. The van der Waals surface area contributed by atoms with Crippen molar-refractivity contribution in [2.75, 3.05) is 9.80 Å². The molecule has 406 valence electrons. The Kier molecular flexibility index (Phi) is 11.3. The van der Waals surface area contributed by atoms with Crippen LogP contribution in [0.25, 0.3) is 44.2 Å². The highest BCUT2D eigenvalue weighted by molar-refractivity contribution is 6.89. The molecular weight excluding hydrogens is 1000 g/mol.